The first-order valence-corrected chi connectivity index (χ1v) is 22.7. The van der Waals surface area contributed by atoms with E-state index in [9.17, 15) is 19.4 Å². The van der Waals surface area contributed by atoms with Gasteiger partial charge in [0.05, 0.1) is 39.9 Å². The third-order valence-electron chi connectivity index (χ3n) is 9.42. The average molecular weight is 744 g/mol. The molecule has 3 N–H and O–H groups in total. The van der Waals surface area contributed by atoms with Gasteiger partial charge in [-0.2, -0.15) is 0 Å². The quantitative estimate of drug-likeness (QED) is 0.0252. The molecule has 302 valence electrons. The predicted molar refractivity (Wildman–Crippen MR) is 217 cm³/mol. The van der Waals surface area contributed by atoms with Gasteiger partial charge in [0.2, 0.25) is 5.91 Å². The molecule has 0 spiro atoms. The van der Waals surface area contributed by atoms with Crippen LogP contribution in [0.4, 0.5) is 0 Å². The minimum Gasteiger partial charge on any atom is -0.387 e. The molecule has 0 rings (SSSR count). The van der Waals surface area contributed by atoms with Crippen molar-refractivity contribution >= 4 is 13.7 Å². The highest BCUT2D eigenvalue weighted by molar-refractivity contribution is 7.47. The third-order valence-corrected chi connectivity index (χ3v) is 10.4. The molecule has 0 saturated carbocycles. The Morgan fingerprint density at radius 2 is 1.08 bits per heavy atom. The van der Waals surface area contributed by atoms with Gasteiger partial charge in [-0.3, -0.25) is 13.8 Å². The number of allylic oxidation sites excluding steroid dienone is 3. The molecule has 0 aliphatic rings. The summed E-state index contributed by atoms with van der Waals surface area (Å²) in [6.07, 6.45) is 40.2. The average Bonchev–Trinajstić information content (AvgIpc) is 3.07. The van der Waals surface area contributed by atoms with Crippen LogP contribution in [0.1, 0.15) is 187 Å². The first-order valence-electron chi connectivity index (χ1n) is 21.2. The fourth-order valence-electron chi connectivity index (χ4n) is 6.00. The van der Waals surface area contributed by atoms with E-state index < -0.39 is 20.0 Å². The number of quaternary nitrogens is 1. The van der Waals surface area contributed by atoms with Crippen molar-refractivity contribution in [2.24, 2.45) is 0 Å². The van der Waals surface area contributed by atoms with Gasteiger partial charge in [0, 0.05) is 6.42 Å². The van der Waals surface area contributed by atoms with Crippen molar-refractivity contribution < 1.29 is 32.9 Å². The van der Waals surface area contributed by atoms with E-state index in [4.69, 9.17) is 9.05 Å². The van der Waals surface area contributed by atoms with Crippen molar-refractivity contribution in [1.82, 2.24) is 5.32 Å². The number of aliphatic hydroxyl groups is 1. The van der Waals surface area contributed by atoms with Gasteiger partial charge in [-0.1, -0.05) is 173 Å². The third kappa shape index (κ3) is 37.1. The largest absolute Gasteiger partial charge is 0.472 e. The lowest BCUT2D eigenvalue weighted by Crippen LogP contribution is -2.45. The van der Waals surface area contributed by atoms with Crippen LogP contribution in [-0.4, -0.2) is 73.4 Å². The van der Waals surface area contributed by atoms with Gasteiger partial charge in [-0.15, -0.1) is 0 Å². The van der Waals surface area contributed by atoms with Gasteiger partial charge in [0.15, 0.2) is 0 Å². The fraction of sp³-hybridized carbons (Fsp3) is 0.881. The number of amides is 1. The summed E-state index contributed by atoms with van der Waals surface area (Å²) in [5, 5.41) is 13.7. The molecule has 0 saturated heterocycles. The molecule has 0 fully saturated rings. The zero-order valence-electron chi connectivity index (χ0n) is 34.1. The highest BCUT2D eigenvalue weighted by Crippen LogP contribution is 2.43. The highest BCUT2D eigenvalue weighted by atomic mass is 31.2. The van der Waals surface area contributed by atoms with Crippen molar-refractivity contribution in [3.05, 3.63) is 24.3 Å². The van der Waals surface area contributed by atoms with E-state index in [0.29, 0.717) is 17.4 Å². The SMILES string of the molecule is CCCCCCCCCCCCCCCCCCCC/C=C/CC/C=C/C(O)C(COP(=O)(O)OCC[N+](C)(C)C)NC(=O)CCCCCCC. The maximum absolute atomic E-state index is 12.6. The fourth-order valence-corrected chi connectivity index (χ4v) is 6.73. The number of unbranched alkanes of at least 4 members (excludes halogenated alkanes) is 23. The van der Waals surface area contributed by atoms with Crippen molar-refractivity contribution in [3.63, 3.8) is 0 Å². The van der Waals surface area contributed by atoms with Crippen molar-refractivity contribution in [3.8, 4) is 0 Å². The predicted octanol–water partition coefficient (Wildman–Crippen LogP) is 11.4. The summed E-state index contributed by atoms with van der Waals surface area (Å²) in [6, 6.07) is -0.855. The molecule has 0 bridgehead atoms. The van der Waals surface area contributed by atoms with Crippen molar-refractivity contribution in [2.75, 3.05) is 40.9 Å². The smallest absolute Gasteiger partial charge is 0.387 e. The Morgan fingerprint density at radius 3 is 1.57 bits per heavy atom. The van der Waals surface area contributed by atoms with Gasteiger partial charge in [0.25, 0.3) is 0 Å². The highest BCUT2D eigenvalue weighted by Gasteiger charge is 2.27. The molecule has 51 heavy (non-hydrogen) atoms. The van der Waals surface area contributed by atoms with E-state index >= 15 is 0 Å². The van der Waals surface area contributed by atoms with Crippen LogP contribution < -0.4 is 5.32 Å². The summed E-state index contributed by atoms with van der Waals surface area (Å²) in [4.78, 5) is 22.8. The second-order valence-corrected chi connectivity index (χ2v) is 17.2. The Bertz CT molecular complexity index is 891. The summed E-state index contributed by atoms with van der Waals surface area (Å²) in [7, 11) is 1.55. The van der Waals surface area contributed by atoms with E-state index in [1.807, 2.05) is 27.2 Å². The molecule has 9 heteroatoms. The summed E-state index contributed by atoms with van der Waals surface area (Å²) in [6.45, 7) is 4.70. The number of phosphoric ester groups is 1. The minimum atomic E-state index is -4.33. The lowest BCUT2D eigenvalue weighted by molar-refractivity contribution is -0.870. The first-order chi connectivity index (χ1) is 24.5. The number of carbonyl (C=O) groups is 1. The van der Waals surface area contributed by atoms with E-state index in [0.717, 1.165) is 51.4 Å². The minimum absolute atomic E-state index is 0.0571. The Morgan fingerprint density at radius 1 is 0.647 bits per heavy atom. The summed E-state index contributed by atoms with van der Waals surface area (Å²) < 4.78 is 23.3. The number of hydrogen-bond donors (Lipinski definition) is 3. The molecule has 0 aromatic carbocycles. The standard InChI is InChI=1S/C42H83N2O6P/c1-6-8-10-12-13-14-15-16-17-18-19-20-21-22-23-24-25-26-27-28-29-30-32-33-35-41(45)40(43-42(46)36-34-31-11-9-7-2)39-50-51(47,48)49-38-37-44(3,4)5/h28-29,33,35,40-41,45H,6-27,30-32,34,36-39H2,1-5H3,(H-,43,46,47,48)/p+1/b29-28+,35-33+. The molecule has 3 unspecified atom stereocenters. The Kier molecular flexibility index (Phi) is 34.0. The maximum Gasteiger partial charge on any atom is 0.472 e. The lowest BCUT2D eigenvalue weighted by atomic mass is 10.0. The van der Waals surface area contributed by atoms with Crippen LogP contribution in [0.2, 0.25) is 0 Å². The molecule has 0 aliphatic carbocycles. The van der Waals surface area contributed by atoms with E-state index in [1.165, 1.54) is 116 Å². The second-order valence-electron chi connectivity index (χ2n) is 15.7. The van der Waals surface area contributed by atoms with Crippen LogP contribution in [0.5, 0.6) is 0 Å². The van der Waals surface area contributed by atoms with Crippen LogP contribution >= 0.6 is 7.82 Å². The number of carbonyl (C=O) groups excluding carboxylic acids is 1. The van der Waals surface area contributed by atoms with Crippen molar-refractivity contribution in [2.45, 2.75) is 199 Å². The summed E-state index contributed by atoms with van der Waals surface area (Å²) >= 11 is 0. The molecule has 0 aromatic rings. The number of hydrogen-bond acceptors (Lipinski definition) is 5. The molecule has 0 radical (unpaired) electrons. The van der Waals surface area contributed by atoms with Crippen LogP contribution in [0.3, 0.4) is 0 Å². The van der Waals surface area contributed by atoms with Gasteiger partial charge in [-0.25, -0.2) is 4.57 Å². The Labute approximate surface area is 315 Å². The van der Waals surface area contributed by atoms with Gasteiger partial charge < -0.3 is 19.8 Å². The zero-order valence-corrected chi connectivity index (χ0v) is 35.0. The van der Waals surface area contributed by atoms with E-state index in [-0.39, 0.29) is 19.1 Å². The molecule has 1 amide bonds. The number of phosphoric acid groups is 1. The molecule has 8 nitrogen and oxygen atoms in total. The van der Waals surface area contributed by atoms with E-state index in [2.05, 4.69) is 31.3 Å². The zero-order chi connectivity index (χ0) is 37.9. The second kappa shape index (κ2) is 34.7. The van der Waals surface area contributed by atoms with Gasteiger partial charge >= 0.3 is 7.82 Å². The molecule has 0 heterocycles. The lowest BCUT2D eigenvalue weighted by Gasteiger charge is -2.25. The molecular formula is C42H84N2O6P+. The molecule has 0 aliphatic heterocycles. The maximum atomic E-state index is 12.6. The van der Waals surface area contributed by atoms with Gasteiger partial charge in [-0.05, 0) is 32.1 Å². The monoisotopic (exact) mass is 744 g/mol. The van der Waals surface area contributed by atoms with Crippen LogP contribution in [-0.2, 0) is 18.4 Å². The van der Waals surface area contributed by atoms with Crippen LogP contribution in [0, 0.1) is 0 Å². The summed E-state index contributed by atoms with van der Waals surface area (Å²) in [5.74, 6) is -0.200. The van der Waals surface area contributed by atoms with Gasteiger partial charge in [0.1, 0.15) is 13.2 Å². The number of nitrogens with zero attached hydrogens (tertiary/aromatic N) is 1. The number of likely N-dealkylation sites (N-methyl/N-ethyl adjacent to an activating group) is 1. The number of aliphatic hydroxyl groups excluding tert-OH is 1. The first kappa shape index (κ1) is 50.0. The van der Waals surface area contributed by atoms with Crippen LogP contribution in [0.15, 0.2) is 24.3 Å². The van der Waals surface area contributed by atoms with Crippen LogP contribution in [0.25, 0.3) is 0 Å². The molecule has 3 atom stereocenters. The topological polar surface area (TPSA) is 105 Å². The Balaban J connectivity index is 4.17. The normalized spacial score (nSPS) is 14.7. The summed E-state index contributed by atoms with van der Waals surface area (Å²) in [5.41, 5.74) is 0. The molecular weight excluding hydrogens is 659 g/mol. The molecule has 0 aromatic heterocycles. The number of rotatable bonds is 38. The number of nitrogens with one attached hydrogen (secondary N) is 1. The Hall–Kier alpha value is -1.02. The van der Waals surface area contributed by atoms with E-state index in [1.54, 1.807) is 6.08 Å². The van der Waals surface area contributed by atoms with Crippen molar-refractivity contribution in [1.29, 1.82) is 0 Å².